The maximum atomic E-state index is 10.7. The quantitative estimate of drug-likeness (QED) is 0.300. The molecular formula is C6H13NO. The molecule has 0 aliphatic carbocycles. The van der Waals surface area contributed by atoms with Crippen LogP contribution in [0.1, 0.15) is 6.92 Å². The first-order chi connectivity index (χ1) is 3.56. The third-order valence-corrected chi connectivity index (χ3v) is 0.781. The van der Waals surface area contributed by atoms with Crippen LogP contribution in [-0.2, 0) is 0 Å². The van der Waals surface area contributed by atoms with Crippen molar-refractivity contribution in [3.05, 3.63) is 17.4 Å². The van der Waals surface area contributed by atoms with Gasteiger partial charge in [0.25, 0.3) is 0 Å². The van der Waals surface area contributed by atoms with Crippen LogP contribution in [0.25, 0.3) is 0 Å². The fourth-order valence-electron chi connectivity index (χ4n) is 0.359. The van der Waals surface area contributed by atoms with Crippen LogP contribution >= 0.6 is 0 Å². The fraction of sp³-hybridized carbons (Fsp3) is 0.667. The van der Waals surface area contributed by atoms with Gasteiger partial charge in [-0.15, -0.1) is 0 Å². The normalized spacial score (nSPS) is 13.0. The average Bonchev–Trinajstić information content (AvgIpc) is 1.59. The van der Waals surface area contributed by atoms with Crippen LogP contribution in [0.5, 0.6) is 0 Å². The van der Waals surface area contributed by atoms with Gasteiger partial charge in [-0.05, 0) is 13.0 Å². The van der Waals surface area contributed by atoms with Gasteiger partial charge >= 0.3 is 0 Å². The lowest BCUT2D eigenvalue weighted by molar-refractivity contribution is -0.833. The molecule has 0 radical (unpaired) electrons. The average molecular weight is 115 g/mol. The molecule has 0 amide bonds. The highest BCUT2D eigenvalue weighted by Gasteiger charge is 1.93. The minimum Gasteiger partial charge on any atom is -0.633 e. The third-order valence-electron chi connectivity index (χ3n) is 0.781. The van der Waals surface area contributed by atoms with Gasteiger partial charge in [-0.3, -0.25) is 0 Å². The lowest BCUT2D eigenvalue weighted by Crippen LogP contribution is -2.31. The Hall–Kier alpha value is -0.340. The smallest absolute Gasteiger partial charge is 0.0966 e. The lowest BCUT2D eigenvalue weighted by Gasteiger charge is -2.32. The maximum absolute atomic E-state index is 10.7. The first kappa shape index (κ1) is 7.66. The van der Waals surface area contributed by atoms with Gasteiger partial charge < -0.3 is 9.85 Å². The van der Waals surface area contributed by atoms with Crippen LogP contribution in [0.2, 0.25) is 0 Å². The fourth-order valence-corrected chi connectivity index (χ4v) is 0.359. The summed E-state index contributed by atoms with van der Waals surface area (Å²) in [5.74, 6) is 0. The van der Waals surface area contributed by atoms with Crippen molar-refractivity contribution in [1.29, 1.82) is 0 Å². The number of likely N-dealkylation sites (N-methyl/N-ethyl adjacent to an activating group) is 1. The third kappa shape index (κ3) is 5.66. The lowest BCUT2D eigenvalue weighted by atomic mass is 10.5. The van der Waals surface area contributed by atoms with Gasteiger partial charge in [0.1, 0.15) is 0 Å². The van der Waals surface area contributed by atoms with E-state index < -0.39 is 0 Å². The summed E-state index contributed by atoms with van der Waals surface area (Å²) in [6, 6.07) is 0. The maximum Gasteiger partial charge on any atom is 0.0966 e. The van der Waals surface area contributed by atoms with Gasteiger partial charge in [-0.2, -0.15) is 0 Å². The molecule has 0 bridgehead atoms. The van der Waals surface area contributed by atoms with Crippen molar-refractivity contribution in [1.82, 2.24) is 0 Å². The minimum atomic E-state index is -0.232. The second-order valence-electron chi connectivity index (χ2n) is 2.33. The molecule has 0 fully saturated rings. The van der Waals surface area contributed by atoms with Gasteiger partial charge in [0.2, 0.25) is 0 Å². The van der Waals surface area contributed by atoms with Crippen LogP contribution in [0, 0.1) is 5.21 Å². The van der Waals surface area contributed by atoms with E-state index in [0.717, 1.165) is 0 Å². The predicted molar refractivity (Wildman–Crippen MR) is 35.2 cm³/mol. The van der Waals surface area contributed by atoms with E-state index in [4.69, 9.17) is 0 Å². The first-order valence-electron chi connectivity index (χ1n) is 2.71. The Morgan fingerprint density at radius 1 is 1.50 bits per heavy atom. The van der Waals surface area contributed by atoms with Crippen LogP contribution in [0.3, 0.4) is 0 Å². The van der Waals surface area contributed by atoms with Crippen molar-refractivity contribution >= 4 is 0 Å². The number of rotatable bonds is 2. The molecule has 0 atom stereocenters. The van der Waals surface area contributed by atoms with Crippen molar-refractivity contribution in [3.8, 4) is 0 Å². The SMILES string of the molecule is C/C=C\C[N+](C)(C)[O-]. The van der Waals surface area contributed by atoms with E-state index in [1.807, 2.05) is 19.1 Å². The molecule has 0 saturated carbocycles. The molecule has 0 aromatic heterocycles. The zero-order chi connectivity index (χ0) is 6.62. The molecule has 0 aliphatic heterocycles. The van der Waals surface area contributed by atoms with Crippen LogP contribution in [0.15, 0.2) is 12.2 Å². The van der Waals surface area contributed by atoms with Crippen molar-refractivity contribution in [2.24, 2.45) is 0 Å². The summed E-state index contributed by atoms with van der Waals surface area (Å²) < 4.78 is -0.232. The largest absolute Gasteiger partial charge is 0.633 e. The van der Waals surface area contributed by atoms with E-state index in [1.54, 1.807) is 14.1 Å². The second kappa shape index (κ2) is 2.84. The minimum absolute atomic E-state index is 0.232. The second-order valence-corrected chi connectivity index (χ2v) is 2.33. The van der Waals surface area contributed by atoms with Crippen LogP contribution in [0.4, 0.5) is 0 Å². The Morgan fingerprint density at radius 3 is 2.12 bits per heavy atom. The number of quaternary nitrogens is 1. The molecule has 0 unspecified atom stereocenters. The molecular weight excluding hydrogens is 102 g/mol. The van der Waals surface area contributed by atoms with Gasteiger partial charge in [0.05, 0.1) is 20.6 Å². The van der Waals surface area contributed by atoms with Gasteiger partial charge in [0, 0.05) is 0 Å². The molecule has 8 heavy (non-hydrogen) atoms. The zero-order valence-corrected chi connectivity index (χ0v) is 5.72. The summed E-state index contributed by atoms with van der Waals surface area (Å²) in [5.41, 5.74) is 0. The van der Waals surface area contributed by atoms with Crippen molar-refractivity contribution in [3.63, 3.8) is 0 Å². The summed E-state index contributed by atoms with van der Waals surface area (Å²) in [4.78, 5) is 0. The molecule has 0 N–H and O–H groups in total. The first-order valence-corrected chi connectivity index (χ1v) is 2.71. The standard InChI is InChI=1S/C6H13NO/c1-4-5-6-7(2,3)8/h4-5H,6H2,1-3H3/b5-4-. The summed E-state index contributed by atoms with van der Waals surface area (Å²) >= 11 is 0. The van der Waals surface area contributed by atoms with E-state index in [9.17, 15) is 5.21 Å². The van der Waals surface area contributed by atoms with E-state index in [-0.39, 0.29) is 4.65 Å². The van der Waals surface area contributed by atoms with Crippen LogP contribution < -0.4 is 0 Å². The summed E-state index contributed by atoms with van der Waals surface area (Å²) in [6.45, 7) is 2.48. The van der Waals surface area contributed by atoms with Crippen molar-refractivity contribution in [2.45, 2.75) is 6.92 Å². The molecule has 0 heterocycles. The molecule has 0 rings (SSSR count). The number of hydrogen-bond acceptors (Lipinski definition) is 1. The summed E-state index contributed by atoms with van der Waals surface area (Å²) in [6.07, 6.45) is 3.75. The zero-order valence-electron chi connectivity index (χ0n) is 5.72. The van der Waals surface area contributed by atoms with Gasteiger partial charge in [-0.25, -0.2) is 0 Å². The van der Waals surface area contributed by atoms with E-state index in [1.165, 1.54) is 0 Å². The highest BCUT2D eigenvalue weighted by Crippen LogP contribution is 1.90. The summed E-state index contributed by atoms with van der Waals surface area (Å²) in [5, 5.41) is 10.7. The number of allylic oxidation sites excluding steroid dienone is 1. The van der Waals surface area contributed by atoms with E-state index >= 15 is 0 Å². The molecule has 0 aromatic carbocycles. The van der Waals surface area contributed by atoms with E-state index in [2.05, 4.69) is 0 Å². The molecule has 0 saturated heterocycles. The van der Waals surface area contributed by atoms with Gasteiger partial charge in [-0.1, -0.05) is 6.08 Å². The van der Waals surface area contributed by atoms with Crippen molar-refractivity contribution in [2.75, 3.05) is 20.6 Å². The number of nitrogens with zero attached hydrogens (tertiary/aromatic N) is 1. The monoisotopic (exact) mass is 115 g/mol. The molecule has 0 aliphatic rings. The number of hydroxylamine groups is 3. The Bertz CT molecular complexity index is 81.0. The highest BCUT2D eigenvalue weighted by atomic mass is 16.5. The Balaban J connectivity index is 3.39. The molecule has 0 spiro atoms. The molecule has 2 heteroatoms. The number of hydrogen-bond donors (Lipinski definition) is 0. The Kier molecular flexibility index (Phi) is 2.72. The molecule has 0 aromatic rings. The van der Waals surface area contributed by atoms with Crippen LogP contribution in [-0.4, -0.2) is 25.3 Å². The summed E-state index contributed by atoms with van der Waals surface area (Å²) in [7, 11) is 3.25. The predicted octanol–water partition coefficient (Wildman–Crippen LogP) is 1.14. The highest BCUT2D eigenvalue weighted by molar-refractivity contribution is 4.75. The van der Waals surface area contributed by atoms with Gasteiger partial charge in [0.15, 0.2) is 0 Å². The topological polar surface area (TPSA) is 23.1 Å². The Labute approximate surface area is 50.6 Å². The molecule has 48 valence electrons. The molecule has 2 nitrogen and oxygen atoms in total. The van der Waals surface area contributed by atoms with E-state index in [0.29, 0.717) is 6.54 Å². The van der Waals surface area contributed by atoms with Crippen molar-refractivity contribution < 1.29 is 4.65 Å². The Morgan fingerprint density at radius 2 is 2.00 bits per heavy atom.